The van der Waals surface area contributed by atoms with Gasteiger partial charge in [0, 0.05) is 16.3 Å². The fourth-order valence-corrected chi connectivity index (χ4v) is 3.23. The Morgan fingerprint density at radius 2 is 1.38 bits per heavy atom. The molecule has 0 aliphatic rings. The molecule has 1 amide bonds. The van der Waals surface area contributed by atoms with Crippen LogP contribution in [0.25, 0.3) is 0 Å². The highest BCUT2D eigenvalue weighted by atomic mass is 32.2. The molecular weight excluding hydrogens is 314 g/mol. The van der Waals surface area contributed by atoms with Gasteiger partial charge >= 0.3 is 0 Å². The van der Waals surface area contributed by atoms with Gasteiger partial charge in [0.1, 0.15) is 0 Å². The summed E-state index contributed by atoms with van der Waals surface area (Å²) in [5, 5.41) is 2.95. The molecule has 3 rings (SSSR count). The summed E-state index contributed by atoms with van der Waals surface area (Å²) < 4.78 is 0. The number of amides is 1. The van der Waals surface area contributed by atoms with Crippen LogP contribution < -0.4 is 5.32 Å². The van der Waals surface area contributed by atoms with Gasteiger partial charge in [0.25, 0.3) is 0 Å². The van der Waals surface area contributed by atoms with E-state index in [1.807, 2.05) is 72.4 Å². The van der Waals surface area contributed by atoms with Gasteiger partial charge in [-0.05, 0) is 35.4 Å². The van der Waals surface area contributed by atoms with Crippen molar-refractivity contribution in [2.24, 2.45) is 0 Å². The molecule has 0 aliphatic heterocycles. The zero-order valence-corrected chi connectivity index (χ0v) is 14.1. The van der Waals surface area contributed by atoms with Gasteiger partial charge in [-0.2, -0.15) is 0 Å². The van der Waals surface area contributed by atoms with Gasteiger partial charge in [-0.15, -0.1) is 11.8 Å². The number of anilines is 1. The average molecular weight is 333 g/mol. The van der Waals surface area contributed by atoms with Crippen LogP contribution in [0, 0.1) is 0 Å². The van der Waals surface area contributed by atoms with Crippen molar-refractivity contribution in [2.75, 3.05) is 5.32 Å². The molecule has 0 heterocycles. The summed E-state index contributed by atoms with van der Waals surface area (Å²) in [5.74, 6) is 0.926. The average Bonchev–Trinajstić information content (AvgIpc) is 2.63. The normalized spacial score (nSPS) is 10.3. The monoisotopic (exact) mass is 333 g/mol. The van der Waals surface area contributed by atoms with E-state index in [0.29, 0.717) is 6.42 Å². The summed E-state index contributed by atoms with van der Waals surface area (Å²) in [6.45, 7) is 0. The topological polar surface area (TPSA) is 29.1 Å². The standard InChI is InChI=1S/C21H19NOS/c23-21(15-17-7-3-1-4-8-17)22-19-13-11-18(12-14-19)16-24-20-9-5-2-6-10-20/h1-14H,15-16H2,(H,22,23). The van der Waals surface area contributed by atoms with E-state index in [2.05, 4.69) is 29.6 Å². The molecule has 0 aliphatic carbocycles. The lowest BCUT2D eigenvalue weighted by Crippen LogP contribution is -2.14. The van der Waals surface area contributed by atoms with Crippen LogP contribution in [-0.4, -0.2) is 5.91 Å². The SMILES string of the molecule is O=C(Cc1ccccc1)Nc1ccc(CSc2ccccc2)cc1. The number of benzene rings is 3. The maximum atomic E-state index is 12.1. The van der Waals surface area contributed by atoms with Crippen molar-refractivity contribution in [3.63, 3.8) is 0 Å². The molecule has 1 N–H and O–H groups in total. The Balaban J connectivity index is 1.51. The third-order valence-corrected chi connectivity index (χ3v) is 4.68. The molecule has 2 nitrogen and oxygen atoms in total. The Bertz CT molecular complexity index is 770. The van der Waals surface area contributed by atoms with Gasteiger partial charge in [0.05, 0.1) is 6.42 Å². The lowest BCUT2D eigenvalue weighted by molar-refractivity contribution is -0.115. The second kappa shape index (κ2) is 8.37. The highest BCUT2D eigenvalue weighted by molar-refractivity contribution is 7.98. The number of carbonyl (C=O) groups is 1. The third kappa shape index (κ3) is 5.00. The Morgan fingerprint density at radius 3 is 2.04 bits per heavy atom. The van der Waals surface area contributed by atoms with Crippen molar-refractivity contribution in [2.45, 2.75) is 17.1 Å². The smallest absolute Gasteiger partial charge is 0.228 e. The molecule has 0 saturated carbocycles. The van der Waals surface area contributed by atoms with Gasteiger partial charge in [0.2, 0.25) is 5.91 Å². The van der Waals surface area contributed by atoms with Crippen LogP contribution in [0.1, 0.15) is 11.1 Å². The molecule has 0 fully saturated rings. The number of hydrogen-bond donors (Lipinski definition) is 1. The van der Waals surface area contributed by atoms with Crippen LogP contribution >= 0.6 is 11.8 Å². The summed E-state index contributed by atoms with van der Waals surface area (Å²) in [5.41, 5.74) is 3.10. The molecule has 0 radical (unpaired) electrons. The molecule has 3 aromatic rings. The molecule has 3 aromatic carbocycles. The minimum atomic E-state index is 0.00705. The van der Waals surface area contributed by atoms with E-state index in [1.165, 1.54) is 10.5 Å². The molecule has 0 aromatic heterocycles. The molecule has 0 bridgehead atoms. The summed E-state index contributed by atoms with van der Waals surface area (Å²) in [6.07, 6.45) is 0.395. The van der Waals surface area contributed by atoms with Crippen LogP contribution in [-0.2, 0) is 17.0 Å². The van der Waals surface area contributed by atoms with Gasteiger partial charge in [-0.25, -0.2) is 0 Å². The largest absolute Gasteiger partial charge is 0.326 e. The first kappa shape index (κ1) is 16.3. The highest BCUT2D eigenvalue weighted by Gasteiger charge is 2.04. The Kier molecular flexibility index (Phi) is 5.70. The van der Waals surface area contributed by atoms with E-state index >= 15 is 0 Å². The van der Waals surface area contributed by atoms with Crippen LogP contribution in [0.15, 0.2) is 89.8 Å². The predicted octanol–water partition coefficient (Wildman–Crippen LogP) is 5.16. The highest BCUT2D eigenvalue weighted by Crippen LogP contribution is 2.23. The predicted molar refractivity (Wildman–Crippen MR) is 101 cm³/mol. The zero-order valence-electron chi connectivity index (χ0n) is 13.3. The minimum absolute atomic E-state index is 0.00705. The number of nitrogens with one attached hydrogen (secondary N) is 1. The number of rotatable bonds is 6. The van der Waals surface area contributed by atoms with E-state index in [9.17, 15) is 4.79 Å². The van der Waals surface area contributed by atoms with Crippen molar-refractivity contribution in [3.8, 4) is 0 Å². The first-order valence-corrected chi connectivity index (χ1v) is 8.89. The Hall–Kier alpha value is -2.52. The van der Waals surface area contributed by atoms with Crippen molar-refractivity contribution in [1.82, 2.24) is 0 Å². The van der Waals surface area contributed by atoms with Crippen LogP contribution in [0.4, 0.5) is 5.69 Å². The quantitative estimate of drug-likeness (QED) is 0.631. The number of carbonyl (C=O) groups excluding carboxylic acids is 1. The summed E-state index contributed by atoms with van der Waals surface area (Å²) >= 11 is 1.81. The second-order valence-electron chi connectivity index (χ2n) is 5.51. The van der Waals surface area contributed by atoms with Gasteiger partial charge < -0.3 is 5.32 Å². The molecular formula is C21H19NOS. The first-order valence-electron chi connectivity index (χ1n) is 7.90. The van der Waals surface area contributed by atoms with Gasteiger partial charge in [-0.1, -0.05) is 60.7 Å². The van der Waals surface area contributed by atoms with E-state index in [0.717, 1.165) is 17.0 Å². The molecule has 0 spiro atoms. The van der Waals surface area contributed by atoms with Crippen LogP contribution in [0.2, 0.25) is 0 Å². The van der Waals surface area contributed by atoms with E-state index in [-0.39, 0.29) is 5.91 Å². The van der Waals surface area contributed by atoms with Gasteiger partial charge in [0.15, 0.2) is 0 Å². The maximum absolute atomic E-state index is 12.1. The lowest BCUT2D eigenvalue weighted by atomic mass is 10.1. The lowest BCUT2D eigenvalue weighted by Gasteiger charge is -2.07. The van der Waals surface area contributed by atoms with Crippen LogP contribution in [0.3, 0.4) is 0 Å². The molecule has 24 heavy (non-hydrogen) atoms. The van der Waals surface area contributed by atoms with E-state index < -0.39 is 0 Å². The zero-order chi connectivity index (χ0) is 16.6. The molecule has 0 saturated heterocycles. The molecule has 0 atom stereocenters. The van der Waals surface area contributed by atoms with E-state index in [1.54, 1.807) is 0 Å². The van der Waals surface area contributed by atoms with Gasteiger partial charge in [-0.3, -0.25) is 4.79 Å². The van der Waals surface area contributed by atoms with Crippen molar-refractivity contribution in [3.05, 3.63) is 96.1 Å². The summed E-state index contributed by atoms with van der Waals surface area (Å²) in [7, 11) is 0. The molecule has 3 heteroatoms. The van der Waals surface area contributed by atoms with Crippen molar-refractivity contribution < 1.29 is 4.79 Å². The summed E-state index contributed by atoms with van der Waals surface area (Å²) in [6, 6.07) is 28.2. The minimum Gasteiger partial charge on any atom is -0.326 e. The Labute approximate surface area is 146 Å². The molecule has 120 valence electrons. The third-order valence-electron chi connectivity index (χ3n) is 3.59. The fraction of sp³-hybridized carbons (Fsp3) is 0.0952. The first-order chi connectivity index (χ1) is 11.8. The van der Waals surface area contributed by atoms with Crippen molar-refractivity contribution >= 4 is 23.4 Å². The fourth-order valence-electron chi connectivity index (χ4n) is 2.35. The number of hydrogen-bond acceptors (Lipinski definition) is 2. The Morgan fingerprint density at radius 1 is 0.750 bits per heavy atom. The maximum Gasteiger partial charge on any atom is 0.228 e. The summed E-state index contributed by atoms with van der Waals surface area (Å²) in [4.78, 5) is 13.3. The van der Waals surface area contributed by atoms with Crippen LogP contribution in [0.5, 0.6) is 0 Å². The second-order valence-corrected chi connectivity index (χ2v) is 6.56. The van der Waals surface area contributed by atoms with Crippen molar-refractivity contribution in [1.29, 1.82) is 0 Å². The van der Waals surface area contributed by atoms with E-state index in [4.69, 9.17) is 0 Å². The molecule has 0 unspecified atom stereocenters. The number of thioether (sulfide) groups is 1.